The van der Waals surface area contributed by atoms with Crippen LogP contribution >= 0.6 is 15.9 Å². The molecule has 0 atom stereocenters. The Morgan fingerprint density at radius 1 is 1.47 bits per heavy atom. The number of halogens is 3. The number of pyridine rings is 1. The molecule has 1 aromatic rings. The summed E-state index contributed by atoms with van der Waals surface area (Å²) in [7, 11) is 0. The normalized spacial score (nSPS) is 10.7. The van der Waals surface area contributed by atoms with Crippen LogP contribution < -0.4 is 4.90 Å². The first-order valence-electron chi connectivity index (χ1n) is 4.65. The van der Waals surface area contributed by atoms with Crippen LogP contribution in [0.5, 0.6) is 0 Å². The summed E-state index contributed by atoms with van der Waals surface area (Å²) in [6.45, 7) is 2.17. The second-order valence-corrected chi connectivity index (χ2v) is 4.01. The van der Waals surface area contributed by atoms with E-state index in [1.807, 2.05) is 13.0 Å². The Balaban J connectivity index is 2.74. The number of aryl methyl sites for hydroxylation is 1. The molecule has 0 unspecified atom stereocenters. The van der Waals surface area contributed by atoms with Crippen molar-refractivity contribution in [3.63, 3.8) is 0 Å². The van der Waals surface area contributed by atoms with Gasteiger partial charge in [-0.2, -0.15) is 0 Å². The Morgan fingerprint density at radius 2 is 2.20 bits per heavy atom. The monoisotopic (exact) mass is 278 g/mol. The highest BCUT2D eigenvalue weighted by molar-refractivity contribution is 9.09. The van der Waals surface area contributed by atoms with Gasteiger partial charge in [0.1, 0.15) is 5.82 Å². The van der Waals surface area contributed by atoms with Crippen molar-refractivity contribution in [3.8, 4) is 0 Å². The van der Waals surface area contributed by atoms with Crippen molar-refractivity contribution in [1.29, 1.82) is 0 Å². The number of hydrogen-bond donors (Lipinski definition) is 0. The maximum Gasteiger partial charge on any atom is 0.255 e. The lowest BCUT2D eigenvalue weighted by atomic mass is 10.3. The van der Waals surface area contributed by atoms with Crippen LogP contribution in [0, 0.1) is 6.92 Å². The Hall–Kier alpha value is -0.710. The smallest absolute Gasteiger partial charge is 0.255 e. The van der Waals surface area contributed by atoms with E-state index in [0.717, 1.165) is 5.56 Å². The van der Waals surface area contributed by atoms with Gasteiger partial charge < -0.3 is 4.90 Å². The number of hydrogen-bond acceptors (Lipinski definition) is 2. The van der Waals surface area contributed by atoms with Gasteiger partial charge in [-0.15, -0.1) is 0 Å². The van der Waals surface area contributed by atoms with E-state index in [2.05, 4.69) is 20.9 Å². The standard InChI is InChI=1S/C10H13BrF2N2/c1-8-2-3-10(14-6-8)15(5-4-11)7-9(12)13/h2-3,6,9H,4-5,7H2,1H3. The van der Waals surface area contributed by atoms with Crippen molar-refractivity contribution in [3.05, 3.63) is 23.9 Å². The van der Waals surface area contributed by atoms with Crippen LogP contribution in [0.15, 0.2) is 18.3 Å². The van der Waals surface area contributed by atoms with Crippen molar-refractivity contribution in [2.75, 3.05) is 23.3 Å². The molecule has 0 radical (unpaired) electrons. The summed E-state index contributed by atoms with van der Waals surface area (Å²) < 4.78 is 24.6. The molecule has 84 valence electrons. The Morgan fingerprint density at radius 3 is 2.67 bits per heavy atom. The highest BCUT2D eigenvalue weighted by atomic mass is 79.9. The van der Waals surface area contributed by atoms with E-state index in [0.29, 0.717) is 17.7 Å². The number of rotatable bonds is 5. The third kappa shape index (κ3) is 4.11. The van der Waals surface area contributed by atoms with Crippen LogP contribution in [0.25, 0.3) is 0 Å². The second-order valence-electron chi connectivity index (χ2n) is 3.22. The summed E-state index contributed by atoms with van der Waals surface area (Å²) in [4.78, 5) is 5.69. The molecule has 0 amide bonds. The SMILES string of the molecule is Cc1ccc(N(CCBr)CC(F)F)nc1. The Kier molecular flexibility index (Phi) is 4.94. The van der Waals surface area contributed by atoms with Gasteiger partial charge in [0, 0.05) is 18.1 Å². The maximum absolute atomic E-state index is 12.3. The van der Waals surface area contributed by atoms with Gasteiger partial charge in [-0.1, -0.05) is 22.0 Å². The largest absolute Gasteiger partial charge is 0.350 e. The summed E-state index contributed by atoms with van der Waals surface area (Å²) in [5.74, 6) is 0.598. The van der Waals surface area contributed by atoms with Gasteiger partial charge in [-0.05, 0) is 18.6 Å². The van der Waals surface area contributed by atoms with E-state index < -0.39 is 6.43 Å². The zero-order chi connectivity index (χ0) is 11.3. The van der Waals surface area contributed by atoms with Crippen molar-refractivity contribution in [2.24, 2.45) is 0 Å². The summed E-state index contributed by atoms with van der Waals surface area (Å²) in [6, 6.07) is 3.63. The number of alkyl halides is 3. The Bertz CT molecular complexity index is 290. The molecule has 1 heterocycles. The predicted molar refractivity (Wildman–Crippen MR) is 61.0 cm³/mol. The molecule has 0 bridgehead atoms. The van der Waals surface area contributed by atoms with Gasteiger partial charge in [0.05, 0.1) is 6.54 Å². The van der Waals surface area contributed by atoms with Crippen molar-refractivity contribution in [2.45, 2.75) is 13.3 Å². The van der Waals surface area contributed by atoms with Crippen LogP contribution in [0.4, 0.5) is 14.6 Å². The fourth-order valence-corrected chi connectivity index (χ4v) is 1.64. The highest BCUT2D eigenvalue weighted by Gasteiger charge is 2.12. The second kappa shape index (κ2) is 6.00. The average Bonchev–Trinajstić information content (AvgIpc) is 2.17. The Labute approximate surface area is 96.4 Å². The van der Waals surface area contributed by atoms with Gasteiger partial charge in [0.2, 0.25) is 0 Å². The van der Waals surface area contributed by atoms with E-state index in [4.69, 9.17) is 0 Å². The lowest BCUT2D eigenvalue weighted by molar-refractivity contribution is 0.155. The minimum Gasteiger partial charge on any atom is -0.350 e. The van der Waals surface area contributed by atoms with E-state index in [1.165, 1.54) is 0 Å². The van der Waals surface area contributed by atoms with E-state index in [1.54, 1.807) is 17.2 Å². The summed E-state index contributed by atoms with van der Waals surface area (Å²) >= 11 is 3.24. The molecule has 0 aliphatic rings. The minimum atomic E-state index is -2.34. The molecule has 2 nitrogen and oxygen atoms in total. The molecule has 1 aromatic heterocycles. The molecule has 0 aliphatic carbocycles. The minimum absolute atomic E-state index is 0.276. The van der Waals surface area contributed by atoms with Gasteiger partial charge in [0.15, 0.2) is 0 Å². The van der Waals surface area contributed by atoms with Gasteiger partial charge in [-0.25, -0.2) is 13.8 Å². The lowest BCUT2D eigenvalue weighted by Crippen LogP contribution is -2.31. The summed E-state index contributed by atoms with van der Waals surface area (Å²) in [5, 5.41) is 0.648. The number of aromatic nitrogens is 1. The molecule has 15 heavy (non-hydrogen) atoms. The average molecular weight is 279 g/mol. The highest BCUT2D eigenvalue weighted by Crippen LogP contribution is 2.13. The molecule has 0 spiro atoms. The third-order valence-corrected chi connectivity index (χ3v) is 2.29. The first kappa shape index (κ1) is 12.4. The molecular weight excluding hydrogens is 266 g/mol. The zero-order valence-electron chi connectivity index (χ0n) is 8.46. The fraction of sp³-hybridized carbons (Fsp3) is 0.500. The summed E-state index contributed by atoms with van der Waals surface area (Å²) in [6.07, 6.45) is -0.658. The number of anilines is 1. The summed E-state index contributed by atoms with van der Waals surface area (Å²) in [5.41, 5.74) is 1.02. The van der Waals surface area contributed by atoms with Gasteiger partial charge >= 0.3 is 0 Å². The molecular formula is C10H13BrF2N2. The van der Waals surface area contributed by atoms with Gasteiger partial charge in [0.25, 0.3) is 6.43 Å². The van der Waals surface area contributed by atoms with Crippen molar-refractivity contribution >= 4 is 21.7 Å². The van der Waals surface area contributed by atoms with E-state index >= 15 is 0 Å². The molecule has 0 aliphatic heterocycles. The van der Waals surface area contributed by atoms with Crippen LogP contribution in [0.2, 0.25) is 0 Å². The molecule has 0 saturated heterocycles. The molecule has 5 heteroatoms. The quantitative estimate of drug-likeness (QED) is 0.770. The van der Waals surface area contributed by atoms with Crippen molar-refractivity contribution in [1.82, 2.24) is 4.98 Å². The topological polar surface area (TPSA) is 16.1 Å². The lowest BCUT2D eigenvalue weighted by Gasteiger charge is -2.22. The first-order chi connectivity index (χ1) is 7.13. The first-order valence-corrected chi connectivity index (χ1v) is 5.77. The van der Waals surface area contributed by atoms with Crippen LogP contribution in [0.1, 0.15) is 5.56 Å². The van der Waals surface area contributed by atoms with E-state index in [9.17, 15) is 8.78 Å². The maximum atomic E-state index is 12.3. The fourth-order valence-electron chi connectivity index (χ4n) is 1.22. The molecule has 0 fully saturated rings. The molecule has 0 N–H and O–H groups in total. The molecule has 1 rings (SSSR count). The van der Waals surface area contributed by atoms with Crippen LogP contribution in [-0.2, 0) is 0 Å². The van der Waals surface area contributed by atoms with Crippen LogP contribution in [0.3, 0.4) is 0 Å². The van der Waals surface area contributed by atoms with E-state index in [-0.39, 0.29) is 6.54 Å². The predicted octanol–water partition coefficient (Wildman–Crippen LogP) is 2.86. The molecule has 0 aromatic carbocycles. The molecule has 0 saturated carbocycles. The van der Waals surface area contributed by atoms with Gasteiger partial charge in [-0.3, -0.25) is 0 Å². The zero-order valence-corrected chi connectivity index (χ0v) is 10.0. The van der Waals surface area contributed by atoms with Crippen molar-refractivity contribution < 1.29 is 8.78 Å². The van der Waals surface area contributed by atoms with Crippen LogP contribution in [-0.4, -0.2) is 29.8 Å². The third-order valence-electron chi connectivity index (χ3n) is 1.93. The number of nitrogens with zero attached hydrogens (tertiary/aromatic N) is 2.